The Labute approximate surface area is 143 Å². The summed E-state index contributed by atoms with van der Waals surface area (Å²) in [6.45, 7) is 1.83. The van der Waals surface area contributed by atoms with Gasteiger partial charge < -0.3 is 10.6 Å². The van der Waals surface area contributed by atoms with Crippen molar-refractivity contribution < 1.29 is 0 Å². The lowest BCUT2D eigenvalue weighted by molar-refractivity contribution is 0.949. The first-order chi connectivity index (χ1) is 11.2. The van der Waals surface area contributed by atoms with E-state index in [2.05, 4.69) is 33.0 Å². The fraction of sp³-hybridized carbons (Fsp3) is 0.222. The first kappa shape index (κ1) is 15.4. The van der Waals surface area contributed by atoms with Crippen molar-refractivity contribution >= 4 is 27.3 Å². The highest BCUT2D eigenvalue weighted by Crippen LogP contribution is 2.38. The Hall–Kier alpha value is -2.50. The van der Waals surface area contributed by atoms with Crippen molar-refractivity contribution in [3.63, 3.8) is 0 Å². The molecule has 0 bridgehead atoms. The monoisotopic (exact) mass is 366 g/mol. The van der Waals surface area contributed by atoms with Crippen molar-refractivity contribution in [1.29, 1.82) is 10.5 Å². The first-order valence-corrected chi connectivity index (χ1v) is 8.22. The highest BCUT2D eigenvalue weighted by atomic mass is 79.9. The molecule has 0 spiro atoms. The van der Waals surface area contributed by atoms with Gasteiger partial charge in [0.15, 0.2) is 0 Å². The van der Waals surface area contributed by atoms with Gasteiger partial charge in [0.2, 0.25) is 0 Å². The average molecular weight is 367 g/mol. The molecule has 0 unspecified atom stereocenters. The van der Waals surface area contributed by atoms with E-state index in [0.29, 0.717) is 11.1 Å². The van der Waals surface area contributed by atoms with Crippen molar-refractivity contribution in [2.75, 3.05) is 23.7 Å². The number of hydrogen-bond acceptors (Lipinski definition) is 4. The second-order valence-electron chi connectivity index (χ2n) is 5.53. The van der Waals surface area contributed by atoms with E-state index in [1.54, 1.807) is 0 Å². The molecule has 114 valence electrons. The smallest absolute Gasteiger partial charge is 0.104 e. The van der Waals surface area contributed by atoms with E-state index in [1.165, 1.54) is 0 Å². The van der Waals surface area contributed by atoms with Gasteiger partial charge in [0.05, 0.1) is 22.5 Å². The molecular weight excluding hydrogens is 352 g/mol. The molecule has 2 N–H and O–H groups in total. The normalized spacial score (nSPS) is 13.6. The summed E-state index contributed by atoms with van der Waals surface area (Å²) < 4.78 is 0.973. The van der Waals surface area contributed by atoms with Crippen molar-refractivity contribution in [1.82, 2.24) is 0 Å². The molecule has 1 aliphatic heterocycles. The Bertz CT molecular complexity index is 822. The van der Waals surface area contributed by atoms with Crippen LogP contribution in [0.2, 0.25) is 0 Å². The summed E-state index contributed by atoms with van der Waals surface area (Å²) in [4.78, 5) is 2.18. The zero-order valence-electron chi connectivity index (χ0n) is 12.5. The van der Waals surface area contributed by atoms with E-state index in [1.807, 2.05) is 30.3 Å². The summed E-state index contributed by atoms with van der Waals surface area (Å²) in [6, 6.07) is 14.0. The van der Waals surface area contributed by atoms with Crippen molar-refractivity contribution in [2.24, 2.45) is 0 Å². The van der Waals surface area contributed by atoms with Gasteiger partial charge in [0.1, 0.15) is 12.1 Å². The molecule has 0 aliphatic carbocycles. The Morgan fingerprint density at radius 2 is 1.61 bits per heavy atom. The van der Waals surface area contributed by atoms with Gasteiger partial charge >= 0.3 is 0 Å². The Morgan fingerprint density at radius 1 is 1.00 bits per heavy atom. The first-order valence-electron chi connectivity index (χ1n) is 7.43. The van der Waals surface area contributed by atoms with E-state index >= 15 is 0 Å². The Kier molecular flexibility index (Phi) is 4.23. The van der Waals surface area contributed by atoms with Crippen LogP contribution in [0.4, 0.5) is 11.4 Å². The van der Waals surface area contributed by atoms with Gasteiger partial charge in [-0.25, -0.2) is 0 Å². The molecule has 0 atom stereocenters. The minimum atomic E-state index is 0.275. The number of nitrogens with zero attached hydrogens (tertiary/aromatic N) is 3. The van der Waals surface area contributed by atoms with E-state index in [4.69, 9.17) is 5.73 Å². The molecule has 0 amide bonds. The lowest BCUT2D eigenvalue weighted by Gasteiger charge is -2.22. The molecular formula is C18H15BrN4. The molecule has 2 aromatic rings. The fourth-order valence-electron chi connectivity index (χ4n) is 2.99. The van der Waals surface area contributed by atoms with Crippen LogP contribution < -0.4 is 10.6 Å². The minimum Gasteiger partial charge on any atom is -0.396 e. The van der Waals surface area contributed by atoms with Gasteiger partial charge in [-0.15, -0.1) is 0 Å². The van der Waals surface area contributed by atoms with Crippen LogP contribution in [0.15, 0.2) is 34.8 Å². The topological polar surface area (TPSA) is 76.8 Å². The standard InChI is InChI=1S/C18H15BrN4/c19-13-5-3-12(4-6-13)14-9-17(23-7-1-2-8-23)16(11-21)18(22)15(14)10-20/h3-6,9H,1-2,7-8,22H2. The molecule has 3 rings (SSSR count). The summed E-state index contributed by atoms with van der Waals surface area (Å²) in [7, 11) is 0. The molecule has 0 radical (unpaired) electrons. The van der Waals surface area contributed by atoms with Crippen LogP contribution >= 0.6 is 15.9 Å². The van der Waals surface area contributed by atoms with Crippen LogP contribution in [0.5, 0.6) is 0 Å². The maximum absolute atomic E-state index is 9.53. The van der Waals surface area contributed by atoms with Crippen LogP contribution in [-0.4, -0.2) is 13.1 Å². The summed E-state index contributed by atoms with van der Waals surface area (Å²) >= 11 is 3.42. The van der Waals surface area contributed by atoms with Crippen LogP contribution in [-0.2, 0) is 0 Å². The molecule has 2 aromatic carbocycles. The number of hydrogen-bond donors (Lipinski definition) is 1. The number of nitriles is 2. The number of benzene rings is 2. The lowest BCUT2D eigenvalue weighted by atomic mass is 9.94. The molecule has 4 nitrogen and oxygen atoms in total. The van der Waals surface area contributed by atoms with Gasteiger partial charge in [-0.05, 0) is 36.6 Å². The Balaban J connectivity index is 2.24. The maximum Gasteiger partial charge on any atom is 0.104 e. The average Bonchev–Trinajstić information content (AvgIpc) is 3.09. The van der Waals surface area contributed by atoms with Crippen molar-refractivity contribution in [3.05, 3.63) is 45.9 Å². The van der Waals surface area contributed by atoms with Gasteiger partial charge in [-0.1, -0.05) is 28.1 Å². The molecule has 23 heavy (non-hydrogen) atoms. The van der Waals surface area contributed by atoms with Crippen molar-refractivity contribution in [3.8, 4) is 23.3 Å². The van der Waals surface area contributed by atoms with Gasteiger partial charge in [0.25, 0.3) is 0 Å². The molecule has 0 saturated carbocycles. The second kappa shape index (κ2) is 6.32. The SMILES string of the molecule is N#Cc1c(-c2ccc(Br)cc2)cc(N2CCCC2)c(C#N)c1N. The third kappa shape index (κ3) is 2.76. The van der Waals surface area contributed by atoms with Crippen LogP contribution in [0.1, 0.15) is 24.0 Å². The van der Waals surface area contributed by atoms with E-state index in [0.717, 1.165) is 47.2 Å². The van der Waals surface area contributed by atoms with Crippen LogP contribution in [0.3, 0.4) is 0 Å². The van der Waals surface area contributed by atoms with Gasteiger partial charge in [0, 0.05) is 23.1 Å². The quantitative estimate of drug-likeness (QED) is 0.813. The second-order valence-corrected chi connectivity index (χ2v) is 6.45. The predicted molar refractivity (Wildman–Crippen MR) is 94.9 cm³/mol. The summed E-state index contributed by atoms with van der Waals surface area (Å²) in [5, 5.41) is 19.0. The third-order valence-corrected chi connectivity index (χ3v) is 4.70. The molecule has 1 fully saturated rings. The van der Waals surface area contributed by atoms with Gasteiger partial charge in [-0.2, -0.15) is 10.5 Å². The van der Waals surface area contributed by atoms with E-state index < -0.39 is 0 Å². The predicted octanol–water partition coefficient (Wildman–Crippen LogP) is 4.04. The van der Waals surface area contributed by atoms with Crippen LogP contribution in [0.25, 0.3) is 11.1 Å². The highest BCUT2D eigenvalue weighted by molar-refractivity contribution is 9.10. The Morgan fingerprint density at radius 3 is 2.17 bits per heavy atom. The minimum absolute atomic E-state index is 0.275. The number of rotatable bonds is 2. The highest BCUT2D eigenvalue weighted by Gasteiger charge is 2.22. The summed E-state index contributed by atoms with van der Waals surface area (Å²) in [5.41, 5.74) is 9.74. The summed E-state index contributed by atoms with van der Waals surface area (Å²) in [6.07, 6.45) is 2.22. The molecule has 1 saturated heterocycles. The van der Waals surface area contributed by atoms with E-state index in [-0.39, 0.29) is 5.69 Å². The number of nitrogens with two attached hydrogens (primary N) is 1. The van der Waals surface area contributed by atoms with E-state index in [9.17, 15) is 10.5 Å². The van der Waals surface area contributed by atoms with Crippen molar-refractivity contribution in [2.45, 2.75) is 12.8 Å². The lowest BCUT2D eigenvalue weighted by Crippen LogP contribution is -2.20. The van der Waals surface area contributed by atoms with Gasteiger partial charge in [-0.3, -0.25) is 0 Å². The zero-order chi connectivity index (χ0) is 16.4. The molecule has 5 heteroatoms. The number of halogens is 1. The van der Waals surface area contributed by atoms with Crippen LogP contribution in [0, 0.1) is 22.7 Å². The fourth-order valence-corrected chi connectivity index (χ4v) is 3.26. The third-order valence-electron chi connectivity index (χ3n) is 4.17. The molecule has 0 aromatic heterocycles. The number of nitrogen functional groups attached to an aromatic ring is 1. The zero-order valence-corrected chi connectivity index (χ0v) is 14.1. The summed E-state index contributed by atoms with van der Waals surface area (Å²) in [5.74, 6) is 0. The largest absolute Gasteiger partial charge is 0.396 e. The molecule has 1 heterocycles. The number of anilines is 2. The maximum atomic E-state index is 9.53. The molecule has 1 aliphatic rings.